The van der Waals surface area contributed by atoms with Gasteiger partial charge in [0.05, 0.1) is 6.10 Å². The Morgan fingerprint density at radius 2 is 1.16 bits per heavy atom. The lowest BCUT2D eigenvalue weighted by Crippen LogP contribution is -2.44. The summed E-state index contributed by atoms with van der Waals surface area (Å²) in [5.41, 5.74) is 1.32. The highest BCUT2D eigenvalue weighted by Gasteiger charge is 2.28. The molecule has 0 bridgehead atoms. The summed E-state index contributed by atoms with van der Waals surface area (Å²) in [7, 11) is 0. The molecule has 2 aliphatic rings. The number of aromatic hydroxyl groups is 1. The molecule has 0 spiro atoms. The zero-order valence-corrected chi connectivity index (χ0v) is 31.0. The van der Waals surface area contributed by atoms with Gasteiger partial charge in [0.15, 0.2) is 0 Å². The maximum absolute atomic E-state index is 12.0. The zero-order chi connectivity index (χ0) is 33.9. The quantitative estimate of drug-likeness (QED) is 0.317. The van der Waals surface area contributed by atoms with Crippen LogP contribution in [0, 0.1) is 13.8 Å². The molecule has 11 heteroatoms. The van der Waals surface area contributed by atoms with E-state index >= 15 is 0 Å². The van der Waals surface area contributed by atoms with Crippen LogP contribution in [-0.4, -0.2) is 81.8 Å². The monoisotopic (exact) mass is 756 g/mol. The fourth-order valence-electron chi connectivity index (χ4n) is 4.37. The minimum absolute atomic E-state index is 0.152. The van der Waals surface area contributed by atoms with E-state index in [4.69, 9.17) is 19.3 Å². The van der Waals surface area contributed by atoms with Gasteiger partial charge in [0, 0.05) is 48.0 Å². The average Bonchev–Trinajstić information content (AvgIpc) is 2.93. The summed E-state index contributed by atoms with van der Waals surface area (Å²) in [6.45, 7) is 17.7. The summed E-state index contributed by atoms with van der Waals surface area (Å²) in [4.78, 5) is 27.0. The van der Waals surface area contributed by atoms with Gasteiger partial charge < -0.3 is 34.2 Å². The first-order valence-electron chi connectivity index (χ1n) is 15.3. The number of phenols is 1. The van der Waals surface area contributed by atoms with Gasteiger partial charge in [-0.1, -0.05) is 31.9 Å². The Balaban J connectivity index is 0.000000261. The summed E-state index contributed by atoms with van der Waals surface area (Å²) >= 11 is 6.81. The van der Waals surface area contributed by atoms with Gasteiger partial charge in [-0.3, -0.25) is 0 Å². The molecule has 0 radical (unpaired) electrons. The van der Waals surface area contributed by atoms with Gasteiger partial charge >= 0.3 is 12.2 Å². The number of hydrogen-bond acceptors (Lipinski definition) is 7. The number of phenolic OH excluding ortho intramolecular Hbond substituents is 1. The highest BCUT2D eigenvalue weighted by molar-refractivity contribution is 9.10. The van der Waals surface area contributed by atoms with Crippen molar-refractivity contribution in [2.24, 2.45) is 0 Å². The van der Waals surface area contributed by atoms with Crippen molar-refractivity contribution in [3.63, 3.8) is 0 Å². The lowest BCUT2D eigenvalue weighted by molar-refractivity contribution is 0.00959. The standard InChI is InChI=1S/C17H24BrNO3.C10H19NO3.C7H7BrO/c1-12-11-14(5-6-15(12)18)21-13-7-9-19(10-8-13)16(20)22-17(2,3)4;1-10(2,3)14-9(13)11-6-4-8(12)5-7-11;1-5-4-6(9)2-3-7(5)8/h5-6,11,13H,7-10H2,1-4H3;8,12H,4-7H2,1-3H3;2-4,9H,1H3. The predicted molar refractivity (Wildman–Crippen MR) is 184 cm³/mol. The van der Waals surface area contributed by atoms with Crippen LogP contribution in [-0.2, 0) is 9.47 Å². The number of benzene rings is 2. The van der Waals surface area contributed by atoms with Gasteiger partial charge in [0.2, 0.25) is 0 Å². The number of aliphatic hydroxyl groups is 1. The van der Waals surface area contributed by atoms with Gasteiger partial charge in [-0.25, -0.2) is 9.59 Å². The lowest BCUT2D eigenvalue weighted by Gasteiger charge is -2.33. The van der Waals surface area contributed by atoms with Gasteiger partial charge in [0.25, 0.3) is 0 Å². The van der Waals surface area contributed by atoms with Gasteiger partial charge in [0.1, 0.15) is 28.8 Å². The smallest absolute Gasteiger partial charge is 0.410 e. The molecule has 0 unspecified atom stereocenters. The number of rotatable bonds is 2. The van der Waals surface area contributed by atoms with Crippen molar-refractivity contribution in [2.45, 2.75) is 104 Å². The number of carbonyl (C=O) groups excluding carboxylic acids is 2. The van der Waals surface area contributed by atoms with E-state index in [0.717, 1.165) is 38.7 Å². The molecule has 9 nitrogen and oxygen atoms in total. The Morgan fingerprint density at radius 1 is 0.733 bits per heavy atom. The van der Waals surface area contributed by atoms with Crippen molar-refractivity contribution < 1.29 is 34.0 Å². The molecule has 2 amide bonds. The fourth-order valence-corrected chi connectivity index (χ4v) is 4.86. The van der Waals surface area contributed by atoms with Crippen molar-refractivity contribution >= 4 is 44.0 Å². The Kier molecular flexibility index (Phi) is 15.0. The summed E-state index contributed by atoms with van der Waals surface area (Å²) in [5.74, 6) is 1.20. The number of aliphatic hydroxyl groups excluding tert-OH is 1. The number of likely N-dealkylation sites (tertiary alicyclic amines) is 2. The van der Waals surface area contributed by atoms with Crippen LogP contribution in [0.25, 0.3) is 0 Å². The molecule has 0 aliphatic carbocycles. The second-order valence-corrected chi connectivity index (χ2v) is 15.0. The number of carbonyl (C=O) groups is 2. The summed E-state index contributed by atoms with van der Waals surface area (Å²) in [6, 6.07) is 11.2. The van der Waals surface area contributed by atoms with Crippen LogP contribution in [0.4, 0.5) is 9.59 Å². The van der Waals surface area contributed by atoms with E-state index < -0.39 is 11.2 Å². The summed E-state index contributed by atoms with van der Waals surface area (Å²) in [6.07, 6.45) is 2.35. The normalized spacial score (nSPS) is 16.1. The third kappa shape index (κ3) is 15.1. The Bertz CT molecular complexity index is 1240. The molecular formula is C34H50Br2N2O7. The first-order chi connectivity index (χ1) is 20.8. The highest BCUT2D eigenvalue weighted by Crippen LogP contribution is 2.25. The topological polar surface area (TPSA) is 109 Å². The maximum atomic E-state index is 12.0. The zero-order valence-electron chi connectivity index (χ0n) is 27.9. The maximum Gasteiger partial charge on any atom is 0.410 e. The molecule has 2 N–H and O–H groups in total. The minimum atomic E-state index is -0.445. The van der Waals surface area contributed by atoms with Crippen LogP contribution in [0.2, 0.25) is 0 Å². The highest BCUT2D eigenvalue weighted by atomic mass is 79.9. The van der Waals surface area contributed by atoms with Crippen molar-refractivity contribution in [3.8, 4) is 11.5 Å². The average molecular weight is 759 g/mol. The molecule has 45 heavy (non-hydrogen) atoms. The lowest BCUT2D eigenvalue weighted by atomic mass is 10.1. The van der Waals surface area contributed by atoms with Crippen LogP contribution in [0.1, 0.15) is 78.4 Å². The number of piperidine rings is 2. The Morgan fingerprint density at radius 3 is 1.56 bits per heavy atom. The van der Waals surface area contributed by atoms with E-state index in [-0.39, 0.29) is 24.4 Å². The first kappa shape index (κ1) is 38.7. The van der Waals surface area contributed by atoms with E-state index in [2.05, 4.69) is 31.9 Å². The van der Waals surface area contributed by atoms with Crippen LogP contribution in [0.5, 0.6) is 11.5 Å². The number of ether oxygens (including phenoxy) is 3. The van der Waals surface area contributed by atoms with Crippen LogP contribution in [0.15, 0.2) is 45.3 Å². The second kappa shape index (κ2) is 17.4. The predicted octanol–water partition coefficient (Wildman–Crippen LogP) is 8.38. The first-order valence-corrected chi connectivity index (χ1v) is 16.9. The van der Waals surface area contributed by atoms with Crippen molar-refractivity contribution in [1.29, 1.82) is 0 Å². The molecule has 4 rings (SSSR count). The molecule has 2 saturated heterocycles. The number of halogens is 2. The fraction of sp³-hybridized carbons (Fsp3) is 0.588. The molecule has 2 aromatic carbocycles. The molecule has 0 atom stereocenters. The Hall–Kier alpha value is -2.50. The number of amides is 2. The van der Waals surface area contributed by atoms with Crippen LogP contribution < -0.4 is 4.74 Å². The largest absolute Gasteiger partial charge is 0.508 e. The molecule has 0 saturated carbocycles. The van der Waals surface area contributed by atoms with E-state index in [1.54, 1.807) is 21.9 Å². The summed E-state index contributed by atoms with van der Waals surface area (Å²) in [5, 5.41) is 18.2. The third-order valence-corrected chi connectivity index (χ3v) is 8.56. The SMILES string of the molecule is CC(C)(C)OC(=O)N1CCC(O)CC1.Cc1cc(O)ccc1Br.Cc1cc(OC2CCN(C(=O)OC(C)(C)C)CC2)ccc1Br. The molecular weight excluding hydrogens is 708 g/mol. The summed E-state index contributed by atoms with van der Waals surface area (Å²) < 4.78 is 18.7. The molecule has 2 aliphatic heterocycles. The van der Waals surface area contributed by atoms with Gasteiger partial charge in [-0.05, 0) is 116 Å². The van der Waals surface area contributed by atoms with Gasteiger partial charge in [-0.15, -0.1) is 0 Å². The van der Waals surface area contributed by atoms with Crippen LogP contribution in [0.3, 0.4) is 0 Å². The van der Waals surface area contributed by atoms with E-state index in [1.165, 1.54) is 0 Å². The molecule has 2 fully saturated rings. The minimum Gasteiger partial charge on any atom is -0.508 e. The number of hydrogen-bond donors (Lipinski definition) is 2. The van der Waals surface area contributed by atoms with Crippen LogP contribution >= 0.6 is 31.9 Å². The van der Waals surface area contributed by atoms with Crippen molar-refractivity contribution in [3.05, 3.63) is 56.5 Å². The van der Waals surface area contributed by atoms with E-state index in [9.17, 15) is 14.7 Å². The number of nitrogens with zero attached hydrogens (tertiary/aromatic N) is 2. The molecule has 2 aromatic rings. The van der Waals surface area contributed by atoms with Crippen molar-refractivity contribution in [1.82, 2.24) is 9.80 Å². The van der Waals surface area contributed by atoms with E-state index in [0.29, 0.717) is 44.8 Å². The molecule has 0 aromatic heterocycles. The van der Waals surface area contributed by atoms with Gasteiger partial charge in [-0.2, -0.15) is 0 Å². The van der Waals surface area contributed by atoms with Crippen molar-refractivity contribution in [2.75, 3.05) is 26.2 Å². The third-order valence-electron chi connectivity index (χ3n) is 6.78. The second-order valence-electron chi connectivity index (χ2n) is 13.3. The van der Waals surface area contributed by atoms with E-state index in [1.807, 2.05) is 79.7 Å². The Labute approximate surface area is 285 Å². The molecule has 2 heterocycles. The number of aryl methyl sites for hydroxylation is 2. The molecule has 252 valence electrons.